The Morgan fingerprint density at radius 2 is 1.79 bits per heavy atom. The molecule has 2 aromatic rings. The lowest BCUT2D eigenvalue weighted by atomic mass is 9.97. The van der Waals surface area contributed by atoms with Gasteiger partial charge < -0.3 is 25.2 Å². The van der Waals surface area contributed by atoms with Crippen molar-refractivity contribution in [2.75, 3.05) is 19.0 Å². The molecule has 2 aromatic carbocycles. The fourth-order valence-corrected chi connectivity index (χ4v) is 3.12. The van der Waals surface area contributed by atoms with Gasteiger partial charge in [0.05, 0.1) is 0 Å². The molecule has 178 valence electrons. The molecular weight excluding hydrogens is 445 g/mol. The van der Waals surface area contributed by atoms with Gasteiger partial charge in [-0.3, -0.25) is 4.79 Å². The molecule has 8 nitrogen and oxygen atoms in total. The molecule has 3 rings (SSSR count). The highest BCUT2D eigenvalue weighted by molar-refractivity contribution is 5.85. The minimum absolute atomic E-state index is 0.0383. The fourth-order valence-electron chi connectivity index (χ4n) is 3.12. The van der Waals surface area contributed by atoms with E-state index in [4.69, 9.17) is 19.7 Å². The van der Waals surface area contributed by atoms with Gasteiger partial charge in [-0.25, -0.2) is 9.59 Å². The summed E-state index contributed by atoms with van der Waals surface area (Å²) < 4.78 is 36.9. The van der Waals surface area contributed by atoms with Crippen molar-refractivity contribution in [2.24, 2.45) is 0 Å². The number of para-hydroxylation sites is 1. The van der Waals surface area contributed by atoms with Crippen LogP contribution in [0.15, 0.2) is 48.5 Å². The van der Waals surface area contributed by atoms with E-state index < -0.39 is 18.1 Å². The zero-order chi connectivity index (χ0) is 24.6. The van der Waals surface area contributed by atoms with Gasteiger partial charge in [-0.15, -0.1) is 0 Å². The van der Waals surface area contributed by atoms with Crippen LogP contribution in [-0.2, 0) is 27.3 Å². The van der Waals surface area contributed by atoms with E-state index in [1.54, 1.807) is 30.1 Å². The maximum Gasteiger partial charge on any atom is 0.490 e. The summed E-state index contributed by atoms with van der Waals surface area (Å²) in [5.74, 6) is -3.26. The Labute approximate surface area is 187 Å². The number of rotatable bonds is 6. The summed E-state index contributed by atoms with van der Waals surface area (Å²) >= 11 is 0. The molecule has 1 unspecified atom stereocenters. The lowest BCUT2D eigenvalue weighted by Crippen LogP contribution is -2.42. The van der Waals surface area contributed by atoms with Crippen molar-refractivity contribution >= 4 is 23.5 Å². The summed E-state index contributed by atoms with van der Waals surface area (Å²) in [6.07, 6.45) is -3.44. The average Bonchev–Trinajstić information content (AvgIpc) is 2.77. The third kappa shape index (κ3) is 8.02. The van der Waals surface area contributed by atoms with Crippen molar-refractivity contribution in [3.05, 3.63) is 59.7 Å². The number of alkyl halides is 3. The van der Waals surface area contributed by atoms with Crippen LogP contribution in [0.1, 0.15) is 17.5 Å². The van der Waals surface area contributed by atoms with E-state index in [9.17, 15) is 22.8 Å². The van der Waals surface area contributed by atoms with Crippen molar-refractivity contribution in [2.45, 2.75) is 31.6 Å². The number of anilines is 1. The third-order valence-electron chi connectivity index (χ3n) is 4.65. The molecule has 1 atom stereocenters. The van der Waals surface area contributed by atoms with Crippen LogP contribution < -0.4 is 10.1 Å². The van der Waals surface area contributed by atoms with Gasteiger partial charge in [0.25, 0.3) is 0 Å². The van der Waals surface area contributed by atoms with E-state index in [1.165, 1.54) is 5.56 Å². The van der Waals surface area contributed by atoms with Gasteiger partial charge >= 0.3 is 18.1 Å². The standard InChI is InChI=1S/C20H22N2O4.C2HF3O2/c1-22(12-14-5-4-7-16(11-14)26-13-19(23)24)20(25)18-10-9-15-6-2-3-8-17(15)21-18;3-2(4,5)1(6)7/h2-8,11,18,21H,9-10,12-13H2,1H3,(H,23,24);(H,6,7). The first kappa shape index (κ1) is 25.5. The molecule has 0 fully saturated rings. The van der Waals surface area contributed by atoms with E-state index in [2.05, 4.69) is 11.4 Å². The lowest BCUT2D eigenvalue weighted by Gasteiger charge is -2.29. The molecule has 0 aromatic heterocycles. The molecule has 1 heterocycles. The van der Waals surface area contributed by atoms with Gasteiger partial charge in [0.2, 0.25) is 5.91 Å². The minimum atomic E-state index is -5.08. The summed E-state index contributed by atoms with van der Waals surface area (Å²) in [5.41, 5.74) is 3.15. The first-order valence-electron chi connectivity index (χ1n) is 9.80. The number of aryl methyl sites for hydroxylation is 1. The van der Waals surface area contributed by atoms with E-state index in [0.717, 1.165) is 24.1 Å². The van der Waals surface area contributed by atoms with Gasteiger partial charge in [-0.2, -0.15) is 13.2 Å². The molecule has 1 aliphatic rings. The summed E-state index contributed by atoms with van der Waals surface area (Å²) in [4.78, 5) is 33.9. The number of carbonyl (C=O) groups excluding carboxylic acids is 1. The molecule has 1 amide bonds. The van der Waals surface area contributed by atoms with E-state index >= 15 is 0 Å². The van der Waals surface area contributed by atoms with Gasteiger partial charge in [0.15, 0.2) is 6.61 Å². The number of carbonyl (C=O) groups is 3. The zero-order valence-electron chi connectivity index (χ0n) is 17.6. The van der Waals surface area contributed by atoms with E-state index in [1.807, 2.05) is 24.3 Å². The number of hydrogen-bond acceptors (Lipinski definition) is 5. The highest BCUT2D eigenvalue weighted by Crippen LogP contribution is 2.25. The van der Waals surface area contributed by atoms with Crippen LogP contribution in [0, 0.1) is 0 Å². The number of carboxylic acids is 2. The number of likely N-dealkylation sites (N-methyl/N-ethyl adjacent to an activating group) is 1. The van der Waals surface area contributed by atoms with Crippen molar-refractivity contribution in [1.82, 2.24) is 4.90 Å². The van der Waals surface area contributed by atoms with E-state index in [0.29, 0.717) is 12.3 Å². The van der Waals surface area contributed by atoms with Gasteiger partial charge in [0, 0.05) is 19.3 Å². The van der Waals surface area contributed by atoms with Crippen LogP contribution in [0.3, 0.4) is 0 Å². The second-order valence-corrected chi connectivity index (χ2v) is 7.22. The van der Waals surface area contributed by atoms with Crippen LogP contribution in [-0.4, -0.2) is 58.8 Å². The Bertz CT molecular complexity index is 996. The largest absolute Gasteiger partial charge is 0.490 e. The summed E-state index contributed by atoms with van der Waals surface area (Å²) in [6.45, 7) is 0.0482. The number of benzene rings is 2. The minimum Gasteiger partial charge on any atom is -0.482 e. The van der Waals surface area contributed by atoms with Crippen LogP contribution >= 0.6 is 0 Å². The monoisotopic (exact) mass is 468 g/mol. The Kier molecular flexibility index (Phi) is 8.66. The normalized spacial score (nSPS) is 14.6. The Hall–Kier alpha value is -3.76. The highest BCUT2D eigenvalue weighted by Gasteiger charge is 2.38. The van der Waals surface area contributed by atoms with E-state index in [-0.39, 0.29) is 18.6 Å². The molecule has 0 saturated heterocycles. The Morgan fingerprint density at radius 3 is 2.42 bits per heavy atom. The molecule has 0 saturated carbocycles. The predicted molar refractivity (Wildman–Crippen MR) is 112 cm³/mol. The van der Waals surface area contributed by atoms with Crippen molar-refractivity contribution in [3.63, 3.8) is 0 Å². The maximum atomic E-state index is 12.8. The molecule has 33 heavy (non-hydrogen) atoms. The molecule has 1 aliphatic heterocycles. The summed E-state index contributed by atoms with van der Waals surface area (Å²) in [5, 5.41) is 19.1. The Morgan fingerprint density at radius 1 is 1.12 bits per heavy atom. The Balaban J connectivity index is 0.000000479. The van der Waals surface area contributed by atoms with Crippen molar-refractivity contribution in [3.8, 4) is 5.75 Å². The average molecular weight is 468 g/mol. The zero-order valence-corrected chi connectivity index (χ0v) is 17.6. The maximum absolute atomic E-state index is 12.8. The number of hydrogen-bond donors (Lipinski definition) is 3. The number of nitrogens with one attached hydrogen (secondary N) is 1. The number of aliphatic carboxylic acids is 2. The first-order chi connectivity index (χ1) is 15.5. The molecule has 0 radical (unpaired) electrons. The molecule has 11 heteroatoms. The first-order valence-corrected chi connectivity index (χ1v) is 9.80. The number of fused-ring (bicyclic) bond motifs is 1. The number of ether oxygens (including phenoxy) is 1. The highest BCUT2D eigenvalue weighted by atomic mass is 19.4. The van der Waals surface area contributed by atoms with Crippen LogP contribution in [0.2, 0.25) is 0 Å². The molecule has 0 bridgehead atoms. The second kappa shape index (κ2) is 11.2. The van der Waals surface area contributed by atoms with Crippen LogP contribution in [0.5, 0.6) is 5.75 Å². The molecule has 3 N–H and O–H groups in total. The SMILES string of the molecule is CN(Cc1cccc(OCC(=O)O)c1)C(=O)C1CCc2ccccc2N1.O=C(O)C(F)(F)F. The number of carboxylic acid groups (broad SMARTS) is 2. The lowest BCUT2D eigenvalue weighted by molar-refractivity contribution is -0.192. The van der Waals surface area contributed by atoms with Gasteiger partial charge in [-0.1, -0.05) is 30.3 Å². The smallest absolute Gasteiger partial charge is 0.482 e. The van der Waals surface area contributed by atoms with Gasteiger partial charge in [0.1, 0.15) is 11.8 Å². The topological polar surface area (TPSA) is 116 Å². The number of nitrogens with zero attached hydrogens (tertiary/aromatic N) is 1. The van der Waals surface area contributed by atoms with Crippen molar-refractivity contribution in [1.29, 1.82) is 0 Å². The van der Waals surface area contributed by atoms with Crippen molar-refractivity contribution < 1.29 is 42.5 Å². The third-order valence-corrected chi connectivity index (χ3v) is 4.65. The van der Waals surface area contributed by atoms with Gasteiger partial charge in [-0.05, 0) is 42.2 Å². The molecule has 0 spiro atoms. The van der Waals surface area contributed by atoms with Crippen LogP contribution in [0.25, 0.3) is 0 Å². The summed E-state index contributed by atoms with van der Waals surface area (Å²) in [7, 11) is 1.77. The predicted octanol–water partition coefficient (Wildman–Crippen LogP) is 3.17. The fraction of sp³-hybridized carbons (Fsp3) is 0.318. The molecular formula is C22H23F3N2O6. The summed E-state index contributed by atoms with van der Waals surface area (Å²) in [6, 6.07) is 15.0. The number of halogens is 3. The second-order valence-electron chi connectivity index (χ2n) is 7.22. The van der Waals surface area contributed by atoms with Crippen LogP contribution in [0.4, 0.5) is 18.9 Å². The number of amides is 1. The quantitative estimate of drug-likeness (QED) is 0.596. The molecule has 0 aliphatic carbocycles.